The molecule has 0 aliphatic carbocycles. The standard InChI is InChI=1S/C16H26N2O2/c1-11(2)9-18-15(19)10-20-16-12(3)7-14(5-6-17)8-13(16)4/h7-8,11H,5-6,9-10,17H2,1-4H3,(H,18,19). The molecule has 0 aliphatic rings. The van der Waals surface area contributed by atoms with Crippen molar-refractivity contribution in [3.63, 3.8) is 0 Å². The zero-order chi connectivity index (χ0) is 15.1. The molecule has 0 saturated carbocycles. The van der Waals surface area contributed by atoms with Crippen molar-refractivity contribution in [2.24, 2.45) is 11.7 Å². The summed E-state index contributed by atoms with van der Waals surface area (Å²) in [6.45, 7) is 9.48. The van der Waals surface area contributed by atoms with Gasteiger partial charge in [-0.3, -0.25) is 4.79 Å². The van der Waals surface area contributed by atoms with Crippen molar-refractivity contribution in [2.75, 3.05) is 19.7 Å². The number of carbonyl (C=O) groups is 1. The van der Waals surface area contributed by atoms with Gasteiger partial charge in [-0.25, -0.2) is 0 Å². The maximum Gasteiger partial charge on any atom is 0.257 e. The number of nitrogens with two attached hydrogens (primary N) is 1. The Bertz CT molecular complexity index is 433. The van der Waals surface area contributed by atoms with Crippen molar-refractivity contribution in [1.29, 1.82) is 0 Å². The van der Waals surface area contributed by atoms with Crippen molar-refractivity contribution in [1.82, 2.24) is 5.32 Å². The summed E-state index contributed by atoms with van der Waals surface area (Å²) in [4.78, 5) is 11.7. The summed E-state index contributed by atoms with van der Waals surface area (Å²) in [6, 6.07) is 4.14. The van der Waals surface area contributed by atoms with E-state index in [1.807, 2.05) is 13.8 Å². The molecule has 0 bridgehead atoms. The Labute approximate surface area is 121 Å². The number of benzene rings is 1. The van der Waals surface area contributed by atoms with Crippen LogP contribution in [0.3, 0.4) is 0 Å². The van der Waals surface area contributed by atoms with E-state index in [9.17, 15) is 4.79 Å². The number of nitrogens with one attached hydrogen (secondary N) is 1. The molecule has 4 heteroatoms. The predicted molar refractivity (Wildman–Crippen MR) is 82.0 cm³/mol. The van der Waals surface area contributed by atoms with Crippen molar-refractivity contribution in [2.45, 2.75) is 34.1 Å². The van der Waals surface area contributed by atoms with Crippen molar-refractivity contribution in [3.8, 4) is 5.75 Å². The van der Waals surface area contributed by atoms with E-state index in [1.165, 1.54) is 5.56 Å². The van der Waals surface area contributed by atoms with E-state index in [0.29, 0.717) is 19.0 Å². The zero-order valence-corrected chi connectivity index (χ0v) is 13.0. The molecule has 0 spiro atoms. The molecule has 0 atom stereocenters. The molecule has 1 amide bonds. The molecule has 0 unspecified atom stereocenters. The fourth-order valence-electron chi connectivity index (χ4n) is 2.09. The second kappa shape index (κ2) is 7.90. The molecule has 0 aromatic heterocycles. The number of amides is 1. The number of ether oxygens (including phenoxy) is 1. The fourth-order valence-corrected chi connectivity index (χ4v) is 2.09. The predicted octanol–water partition coefficient (Wildman–Crippen LogP) is 1.96. The first kappa shape index (κ1) is 16.5. The lowest BCUT2D eigenvalue weighted by molar-refractivity contribution is -0.123. The zero-order valence-electron chi connectivity index (χ0n) is 13.0. The van der Waals surface area contributed by atoms with Crippen LogP contribution in [0.5, 0.6) is 5.75 Å². The van der Waals surface area contributed by atoms with Gasteiger partial charge >= 0.3 is 0 Å². The van der Waals surface area contributed by atoms with E-state index < -0.39 is 0 Å². The van der Waals surface area contributed by atoms with Crippen molar-refractivity contribution >= 4 is 5.91 Å². The number of hydrogen-bond donors (Lipinski definition) is 2. The maximum absolute atomic E-state index is 11.7. The van der Waals surface area contributed by atoms with Crippen LogP contribution >= 0.6 is 0 Å². The van der Waals surface area contributed by atoms with Gasteiger partial charge in [0.25, 0.3) is 5.91 Å². The second-order valence-corrected chi connectivity index (χ2v) is 5.58. The Morgan fingerprint density at radius 3 is 2.40 bits per heavy atom. The van der Waals surface area contributed by atoms with Gasteiger partial charge in [-0.15, -0.1) is 0 Å². The Balaban J connectivity index is 2.62. The highest BCUT2D eigenvalue weighted by Crippen LogP contribution is 2.24. The summed E-state index contributed by atoms with van der Waals surface area (Å²) >= 11 is 0. The van der Waals surface area contributed by atoms with Crippen molar-refractivity contribution in [3.05, 3.63) is 28.8 Å². The Kier molecular flexibility index (Phi) is 6.52. The van der Waals surface area contributed by atoms with Gasteiger partial charge in [0.2, 0.25) is 0 Å². The van der Waals surface area contributed by atoms with E-state index >= 15 is 0 Å². The summed E-state index contributed by atoms with van der Waals surface area (Å²) in [5.41, 5.74) is 8.87. The lowest BCUT2D eigenvalue weighted by Crippen LogP contribution is -2.31. The average Bonchev–Trinajstić information content (AvgIpc) is 2.35. The molecule has 1 aromatic carbocycles. The molecule has 0 fully saturated rings. The van der Waals surface area contributed by atoms with Crippen LogP contribution < -0.4 is 15.8 Å². The first-order valence-corrected chi connectivity index (χ1v) is 7.13. The minimum Gasteiger partial charge on any atom is -0.483 e. The quantitative estimate of drug-likeness (QED) is 0.801. The normalized spacial score (nSPS) is 10.7. The number of carbonyl (C=O) groups excluding carboxylic acids is 1. The molecular weight excluding hydrogens is 252 g/mol. The van der Waals surface area contributed by atoms with Crippen LogP contribution in [0.1, 0.15) is 30.5 Å². The molecule has 1 aromatic rings. The van der Waals surface area contributed by atoms with E-state index in [0.717, 1.165) is 23.3 Å². The Morgan fingerprint density at radius 1 is 1.30 bits per heavy atom. The van der Waals surface area contributed by atoms with Gasteiger partial charge in [-0.05, 0) is 49.4 Å². The van der Waals surface area contributed by atoms with Crippen LogP contribution in [-0.2, 0) is 11.2 Å². The fraction of sp³-hybridized carbons (Fsp3) is 0.562. The highest BCUT2D eigenvalue weighted by atomic mass is 16.5. The largest absolute Gasteiger partial charge is 0.483 e. The lowest BCUT2D eigenvalue weighted by atomic mass is 10.0. The van der Waals surface area contributed by atoms with Crippen LogP contribution in [0.4, 0.5) is 0 Å². The van der Waals surface area contributed by atoms with Crippen molar-refractivity contribution < 1.29 is 9.53 Å². The lowest BCUT2D eigenvalue weighted by Gasteiger charge is -2.14. The van der Waals surface area contributed by atoms with Gasteiger partial charge in [-0.2, -0.15) is 0 Å². The number of hydrogen-bond acceptors (Lipinski definition) is 3. The van der Waals surface area contributed by atoms with Crippen LogP contribution in [0.2, 0.25) is 0 Å². The highest BCUT2D eigenvalue weighted by Gasteiger charge is 2.09. The van der Waals surface area contributed by atoms with Crippen LogP contribution in [-0.4, -0.2) is 25.6 Å². The van der Waals surface area contributed by atoms with E-state index in [1.54, 1.807) is 0 Å². The van der Waals surface area contributed by atoms with Gasteiger partial charge in [-0.1, -0.05) is 26.0 Å². The topological polar surface area (TPSA) is 64.3 Å². The third kappa shape index (κ3) is 5.21. The Hall–Kier alpha value is -1.55. The van der Waals surface area contributed by atoms with E-state index in [-0.39, 0.29) is 12.5 Å². The molecular formula is C16H26N2O2. The van der Waals surface area contributed by atoms with E-state index in [4.69, 9.17) is 10.5 Å². The molecule has 0 aliphatic heterocycles. The van der Waals surface area contributed by atoms with E-state index in [2.05, 4.69) is 31.3 Å². The Morgan fingerprint density at radius 2 is 1.90 bits per heavy atom. The van der Waals surface area contributed by atoms with Gasteiger partial charge < -0.3 is 15.8 Å². The van der Waals surface area contributed by atoms with Crippen LogP contribution in [0, 0.1) is 19.8 Å². The summed E-state index contributed by atoms with van der Waals surface area (Å²) in [6.07, 6.45) is 0.858. The van der Waals surface area contributed by atoms with Gasteiger partial charge in [0, 0.05) is 6.54 Å². The minimum absolute atomic E-state index is 0.0602. The number of rotatable bonds is 7. The molecule has 0 radical (unpaired) electrons. The molecule has 4 nitrogen and oxygen atoms in total. The first-order chi connectivity index (χ1) is 9.43. The SMILES string of the molecule is Cc1cc(CCN)cc(C)c1OCC(=O)NCC(C)C. The molecule has 3 N–H and O–H groups in total. The highest BCUT2D eigenvalue weighted by molar-refractivity contribution is 5.77. The summed E-state index contributed by atoms with van der Waals surface area (Å²) in [7, 11) is 0. The first-order valence-electron chi connectivity index (χ1n) is 7.13. The molecule has 20 heavy (non-hydrogen) atoms. The molecule has 0 saturated heterocycles. The third-order valence-electron chi connectivity index (χ3n) is 3.01. The minimum atomic E-state index is -0.0801. The average molecular weight is 278 g/mol. The monoisotopic (exact) mass is 278 g/mol. The summed E-state index contributed by atoms with van der Waals surface area (Å²) in [5.74, 6) is 1.16. The molecule has 0 heterocycles. The molecule has 112 valence electrons. The second-order valence-electron chi connectivity index (χ2n) is 5.58. The molecule has 1 rings (SSSR count). The maximum atomic E-state index is 11.7. The van der Waals surface area contributed by atoms with Gasteiger partial charge in [0.1, 0.15) is 5.75 Å². The van der Waals surface area contributed by atoms with Gasteiger partial charge in [0.15, 0.2) is 6.61 Å². The van der Waals surface area contributed by atoms with Crippen LogP contribution in [0.15, 0.2) is 12.1 Å². The van der Waals surface area contributed by atoms with Gasteiger partial charge in [0.05, 0.1) is 0 Å². The summed E-state index contributed by atoms with van der Waals surface area (Å²) in [5, 5.41) is 2.84. The summed E-state index contributed by atoms with van der Waals surface area (Å²) < 4.78 is 5.65. The third-order valence-corrected chi connectivity index (χ3v) is 3.01. The number of aryl methyl sites for hydroxylation is 2. The smallest absolute Gasteiger partial charge is 0.257 e. The van der Waals surface area contributed by atoms with Crippen LogP contribution in [0.25, 0.3) is 0 Å².